The number of rotatable bonds is 4. The number of halogens is 4. The Labute approximate surface area is 201 Å². The van der Waals surface area contributed by atoms with Crippen LogP contribution in [0.5, 0.6) is 0 Å². The fourth-order valence-electron chi connectivity index (χ4n) is 5.04. The van der Waals surface area contributed by atoms with Gasteiger partial charge in [-0.05, 0) is 68.1 Å². The number of sulfonamides is 1. The molecule has 0 saturated carbocycles. The van der Waals surface area contributed by atoms with Crippen molar-refractivity contribution in [3.63, 3.8) is 0 Å². The molecule has 2 aliphatic rings. The Balaban J connectivity index is 1.59. The SMILES string of the molecule is C[C@@H]1CN(c2ccc(C(F)(F)F)c(Cl)c2)C[C@H](C)N1S(=O)(=O)c1ccc2c(c1)C(C(=O)O)CC2. The molecular formula is C23H24ClF3N2O4S. The van der Waals surface area contributed by atoms with Crippen LogP contribution in [-0.4, -0.2) is 49.0 Å². The number of hydrogen-bond acceptors (Lipinski definition) is 4. The molecule has 2 aromatic rings. The Morgan fingerprint density at radius 2 is 1.74 bits per heavy atom. The van der Waals surface area contributed by atoms with Crippen molar-refractivity contribution in [2.75, 3.05) is 18.0 Å². The number of piperazine rings is 1. The molecule has 1 aliphatic carbocycles. The van der Waals surface area contributed by atoms with Gasteiger partial charge in [0, 0.05) is 30.9 Å². The normalized spacial score (nSPS) is 23.7. The number of hydrogen-bond donors (Lipinski definition) is 1. The number of anilines is 1. The average Bonchev–Trinajstić information content (AvgIpc) is 3.15. The molecule has 1 heterocycles. The van der Waals surface area contributed by atoms with Crippen molar-refractivity contribution in [2.45, 2.75) is 55.8 Å². The largest absolute Gasteiger partial charge is 0.481 e. The zero-order chi connectivity index (χ0) is 25.0. The van der Waals surface area contributed by atoms with E-state index in [9.17, 15) is 31.5 Å². The highest BCUT2D eigenvalue weighted by Crippen LogP contribution is 2.39. The molecule has 1 unspecified atom stereocenters. The predicted molar refractivity (Wildman–Crippen MR) is 122 cm³/mol. The first kappa shape index (κ1) is 24.8. The summed E-state index contributed by atoms with van der Waals surface area (Å²) in [5.74, 6) is -1.69. The van der Waals surface area contributed by atoms with Gasteiger partial charge in [0.25, 0.3) is 0 Å². The van der Waals surface area contributed by atoms with Crippen molar-refractivity contribution in [2.24, 2.45) is 0 Å². The third-order valence-corrected chi connectivity index (χ3v) is 8.97. The van der Waals surface area contributed by atoms with Gasteiger partial charge in [-0.25, -0.2) is 8.42 Å². The Morgan fingerprint density at radius 1 is 1.09 bits per heavy atom. The van der Waals surface area contributed by atoms with Gasteiger partial charge in [-0.15, -0.1) is 0 Å². The predicted octanol–water partition coefficient (Wildman–Crippen LogP) is 4.76. The van der Waals surface area contributed by atoms with Crippen LogP contribution in [0.1, 0.15) is 42.9 Å². The lowest BCUT2D eigenvalue weighted by Gasteiger charge is -2.44. The molecule has 1 N–H and O–H groups in total. The van der Waals surface area contributed by atoms with Crippen LogP contribution in [0, 0.1) is 0 Å². The number of carbonyl (C=O) groups is 1. The lowest BCUT2D eigenvalue weighted by Crippen LogP contribution is -2.58. The van der Waals surface area contributed by atoms with E-state index in [1.165, 1.54) is 28.6 Å². The maximum atomic E-state index is 13.6. The topological polar surface area (TPSA) is 77.9 Å². The standard InChI is InChI=1S/C23H24ClF3N2O4S/c1-13-11-28(16-5-8-20(21(24)9-16)23(25,26)27)12-14(2)29(13)34(32,33)17-6-3-15-4-7-18(22(30)31)19(15)10-17/h3,5-6,8-10,13-14,18H,4,7,11-12H2,1-2H3,(H,30,31)/t13-,14+,18?. The number of aryl methyl sites for hydroxylation is 1. The first-order chi connectivity index (χ1) is 15.8. The van der Waals surface area contributed by atoms with Gasteiger partial charge < -0.3 is 10.0 Å². The van der Waals surface area contributed by atoms with Crippen molar-refractivity contribution < 1.29 is 31.5 Å². The van der Waals surface area contributed by atoms with Crippen molar-refractivity contribution in [1.82, 2.24) is 4.31 Å². The van der Waals surface area contributed by atoms with Gasteiger partial charge in [0.2, 0.25) is 10.0 Å². The van der Waals surface area contributed by atoms with Crippen molar-refractivity contribution in [1.29, 1.82) is 0 Å². The smallest absolute Gasteiger partial charge is 0.417 e. The molecule has 11 heteroatoms. The summed E-state index contributed by atoms with van der Waals surface area (Å²) in [5, 5.41) is 9.06. The van der Waals surface area contributed by atoms with Crippen LogP contribution >= 0.6 is 11.6 Å². The van der Waals surface area contributed by atoms with Crippen LogP contribution < -0.4 is 4.90 Å². The van der Waals surface area contributed by atoms with E-state index >= 15 is 0 Å². The Kier molecular flexibility index (Phi) is 6.37. The van der Waals surface area contributed by atoms with E-state index in [0.29, 0.717) is 24.1 Å². The molecular weight excluding hydrogens is 493 g/mol. The second-order valence-corrected chi connectivity index (χ2v) is 11.1. The van der Waals surface area contributed by atoms with Crippen LogP contribution in [-0.2, 0) is 27.4 Å². The summed E-state index contributed by atoms with van der Waals surface area (Å²) in [7, 11) is -3.93. The van der Waals surface area contributed by atoms with E-state index in [1.807, 2.05) is 4.90 Å². The summed E-state index contributed by atoms with van der Waals surface area (Å²) in [5.41, 5.74) is 0.940. The van der Waals surface area contributed by atoms with E-state index in [1.54, 1.807) is 19.9 Å². The maximum absolute atomic E-state index is 13.6. The number of benzene rings is 2. The molecule has 0 spiro atoms. The molecule has 0 radical (unpaired) electrons. The summed E-state index contributed by atoms with van der Waals surface area (Å²) < 4.78 is 67.6. The van der Waals surface area contributed by atoms with Gasteiger partial charge in [-0.2, -0.15) is 17.5 Å². The molecule has 1 aliphatic heterocycles. The van der Waals surface area contributed by atoms with Gasteiger partial charge in [0.1, 0.15) is 0 Å². The Morgan fingerprint density at radius 3 is 2.29 bits per heavy atom. The van der Waals surface area contributed by atoms with Crippen LogP contribution in [0.2, 0.25) is 5.02 Å². The zero-order valence-corrected chi connectivity index (χ0v) is 20.1. The minimum Gasteiger partial charge on any atom is -0.481 e. The molecule has 3 atom stereocenters. The monoisotopic (exact) mass is 516 g/mol. The number of carboxylic acid groups (broad SMARTS) is 1. The molecule has 0 bridgehead atoms. The third-order valence-electron chi connectivity index (χ3n) is 6.53. The fraction of sp³-hybridized carbons (Fsp3) is 0.435. The summed E-state index contributed by atoms with van der Waals surface area (Å²) >= 11 is 5.87. The average molecular weight is 517 g/mol. The third kappa shape index (κ3) is 4.38. The van der Waals surface area contributed by atoms with Crippen LogP contribution in [0.4, 0.5) is 18.9 Å². The van der Waals surface area contributed by atoms with E-state index in [4.69, 9.17) is 11.6 Å². The van der Waals surface area contributed by atoms with E-state index in [2.05, 4.69) is 0 Å². The van der Waals surface area contributed by atoms with Gasteiger partial charge in [-0.1, -0.05) is 17.7 Å². The van der Waals surface area contributed by atoms with Crippen molar-refractivity contribution >= 4 is 33.3 Å². The second kappa shape index (κ2) is 8.73. The first-order valence-electron chi connectivity index (χ1n) is 10.8. The molecule has 0 amide bonds. The number of aliphatic carboxylic acids is 1. The van der Waals surface area contributed by atoms with E-state index < -0.39 is 50.8 Å². The fourth-order valence-corrected chi connectivity index (χ4v) is 7.16. The van der Waals surface area contributed by atoms with Gasteiger partial charge in [0.05, 0.1) is 21.4 Å². The first-order valence-corrected chi connectivity index (χ1v) is 12.6. The number of alkyl halides is 3. The quantitative estimate of drug-likeness (QED) is 0.634. The Hall–Kier alpha value is -2.30. The van der Waals surface area contributed by atoms with Crippen molar-refractivity contribution in [3.05, 3.63) is 58.1 Å². The van der Waals surface area contributed by atoms with Crippen LogP contribution in [0.3, 0.4) is 0 Å². The van der Waals surface area contributed by atoms with E-state index in [-0.39, 0.29) is 18.0 Å². The molecule has 1 saturated heterocycles. The van der Waals surface area contributed by atoms with Crippen molar-refractivity contribution in [3.8, 4) is 0 Å². The summed E-state index contributed by atoms with van der Waals surface area (Å²) in [6.07, 6.45) is -3.53. The van der Waals surface area contributed by atoms with Gasteiger partial charge in [0.15, 0.2) is 0 Å². The van der Waals surface area contributed by atoms with Gasteiger partial charge >= 0.3 is 12.1 Å². The highest BCUT2D eigenvalue weighted by molar-refractivity contribution is 7.89. The molecule has 4 rings (SSSR count). The summed E-state index contributed by atoms with van der Waals surface area (Å²) in [4.78, 5) is 13.4. The second-order valence-electron chi connectivity index (χ2n) is 8.89. The number of carboxylic acids is 1. The minimum atomic E-state index is -4.56. The van der Waals surface area contributed by atoms with E-state index in [0.717, 1.165) is 11.6 Å². The lowest BCUT2D eigenvalue weighted by atomic mass is 10.0. The summed E-state index contributed by atoms with van der Waals surface area (Å²) in [6, 6.07) is 7.21. The highest BCUT2D eigenvalue weighted by Gasteiger charge is 2.40. The van der Waals surface area contributed by atoms with Crippen LogP contribution in [0.25, 0.3) is 0 Å². The minimum absolute atomic E-state index is 0.0455. The number of fused-ring (bicyclic) bond motifs is 1. The maximum Gasteiger partial charge on any atom is 0.417 e. The van der Waals surface area contributed by atoms with Gasteiger partial charge in [-0.3, -0.25) is 4.79 Å². The zero-order valence-electron chi connectivity index (χ0n) is 18.5. The molecule has 34 heavy (non-hydrogen) atoms. The number of nitrogens with zero attached hydrogens (tertiary/aromatic N) is 2. The molecule has 2 aromatic carbocycles. The molecule has 6 nitrogen and oxygen atoms in total. The van der Waals surface area contributed by atoms with Crippen LogP contribution in [0.15, 0.2) is 41.3 Å². The summed E-state index contributed by atoms with van der Waals surface area (Å²) in [6.45, 7) is 3.99. The molecule has 0 aromatic heterocycles. The molecule has 1 fully saturated rings. The molecule has 184 valence electrons. The highest BCUT2D eigenvalue weighted by atomic mass is 35.5. The Bertz CT molecular complexity index is 1220. The lowest BCUT2D eigenvalue weighted by molar-refractivity contribution is -0.139.